The summed E-state index contributed by atoms with van der Waals surface area (Å²) < 4.78 is 1.72. The Morgan fingerprint density at radius 1 is 1.32 bits per heavy atom. The van der Waals surface area contributed by atoms with Gasteiger partial charge in [0.25, 0.3) is 0 Å². The van der Waals surface area contributed by atoms with E-state index in [0.29, 0.717) is 5.95 Å². The summed E-state index contributed by atoms with van der Waals surface area (Å²) in [5, 5.41) is 16.4. The standard InChI is InChI=1S/C19H22N8O/c1-25-9-13(8-22-25)23-19-21-5-4-17(24-19)26-10-14-2-3-15(11-26)27(14)18(28)16-6-12(16)7-20/h4-5,8-9,12,14-16H,2-3,6,10-11H2,1H3,(H,21,23,24)/t12-,14-,15+,16-/m0/s1. The van der Waals surface area contributed by atoms with E-state index in [9.17, 15) is 4.79 Å². The van der Waals surface area contributed by atoms with Gasteiger partial charge in [0, 0.05) is 44.6 Å². The second-order valence-electron chi connectivity index (χ2n) is 7.88. The van der Waals surface area contributed by atoms with Gasteiger partial charge in [0.05, 0.1) is 29.8 Å². The Balaban J connectivity index is 1.29. The van der Waals surface area contributed by atoms with Crippen LogP contribution in [0, 0.1) is 23.2 Å². The summed E-state index contributed by atoms with van der Waals surface area (Å²) in [6.07, 6.45) is 8.11. The van der Waals surface area contributed by atoms with E-state index >= 15 is 0 Å². The van der Waals surface area contributed by atoms with Crippen molar-refractivity contribution < 1.29 is 4.79 Å². The fourth-order valence-corrected chi connectivity index (χ4v) is 4.45. The van der Waals surface area contributed by atoms with E-state index < -0.39 is 0 Å². The quantitative estimate of drug-likeness (QED) is 0.855. The van der Waals surface area contributed by atoms with E-state index in [1.165, 1.54) is 0 Å². The van der Waals surface area contributed by atoms with Crippen molar-refractivity contribution in [1.29, 1.82) is 5.26 Å². The van der Waals surface area contributed by atoms with Gasteiger partial charge in [0.1, 0.15) is 5.82 Å². The SMILES string of the molecule is Cn1cc(Nc2nccc(N3C[C@H]4CC[C@@H](C3)N4C(=O)[C@H]3C[C@H]3C#N)n2)cn1. The maximum atomic E-state index is 12.8. The number of carbonyl (C=O) groups is 1. The molecule has 1 amide bonds. The predicted molar refractivity (Wildman–Crippen MR) is 102 cm³/mol. The van der Waals surface area contributed by atoms with E-state index in [1.54, 1.807) is 17.1 Å². The fourth-order valence-electron chi connectivity index (χ4n) is 4.45. The molecule has 2 aliphatic heterocycles. The lowest BCUT2D eigenvalue weighted by molar-refractivity contribution is -0.136. The zero-order chi connectivity index (χ0) is 19.3. The molecule has 0 radical (unpaired) electrons. The highest BCUT2D eigenvalue weighted by Crippen LogP contribution is 2.43. The van der Waals surface area contributed by atoms with Gasteiger partial charge in [-0.15, -0.1) is 0 Å². The maximum absolute atomic E-state index is 12.8. The normalized spacial score (nSPS) is 28.1. The van der Waals surface area contributed by atoms with Gasteiger partial charge in [-0.1, -0.05) is 0 Å². The van der Waals surface area contributed by atoms with Crippen LogP contribution in [0.15, 0.2) is 24.7 Å². The van der Waals surface area contributed by atoms with Crippen LogP contribution in [0.4, 0.5) is 17.5 Å². The van der Waals surface area contributed by atoms with Crippen LogP contribution in [0.1, 0.15) is 19.3 Å². The number of rotatable bonds is 4. The fraction of sp³-hybridized carbons (Fsp3) is 0.526. The zero-order valence-electron chi connectivity index (χ0n) is 15.7. The van der Waals surface area contributed by atoms with E-state index in [4.69, 9.17) is 5.26 Å². The first-order valence-corrected chi connectivity index (χ1v) is 9.68. The molecule has 2 aromatic heterocycles. The van der Waals surface area contributed by atoms with Gasteiger partial charge < -0.3 is 15.1 Å². The maximum Gasteiger partial charge on any atom is 0.229 e. The summed E-state index contributed by atoms with van der Waals surface area (Å²) in [5.41, 5.74) is 0.839. The third kappa shape index (κ3) is 2.95. The lowest BCUT2D eigenvalue weighted by atomic mass is 10.1. The first-order valence-electron chi connectivity index (χ1n) is 9.68. The Hall–Kier alpha value is -3.15. The molecule has 1 aliphatic carbocycles. The molecule has 9 heteroatoms. The number of piperazine rings is 1. The van der Waals surface area contributed by atoms with Crippen LogP contribution in [-0.2, 0) is 11.8 Å². The molecule has 0 unspecified atom stereocenters. The summed E-state index contributed by atoms with van der Waals surface area (Å²) >= 11 is 0. The van der Waals surface area contributed by atoms with Crippen LogP contribution >= 0.6 is 0 Å². The monoisotopic (exact) mass is 378 g/mol. The number of hydrogen-bond donors (Lipinski definition) is 1. The Bertz CT molecular complexity index is 935. The molecule has 0 spiro atoms. The van der Waals surface area contributed by atoms with Crippen molar-refractivity contribution in [3.05, 3.63) is 24.7 Å². The molecule has 0 aromatic carbocycles. The number of nitrogens with one attached hydrogen (secondary N) is 1. The van der Waals surface area contributed by atoms with Gasteiger partial charge >= 0.3 is 0 Å². The number of carbonyl (C=O) groups excluding carboxylic acids is 1. The highest BCUT2D eigenvalue weighted by molar-refractivity contribution is 5.83. The second kappa shape index (κ2) is 6.48. The Morgan fingerprint density at radius 2 is 2.11 bits per heavy atom. The van der Waals surface area contributed by atoms with E-state index in [2.05, 4.69) is 36.3 Å². The first-order chi connectivity index (χ1) is 13.6. The lowest BCUT2D eigenvalue weighted by Gasteiger charge is -2.41. The summed E-state index contributed by atoms with van der Waals surface area (Å²) in [7, 11) is 1.86. The molecule has 2 aromatic rings. The first kappa shape index (κ1) is 17.0. The minimum atomic E-state index is -0.0760. The minimum Gasteiger partial charge on any atom is -0.352 e. The van der Waals surface area contributed by atoms with Crippen LogP contribution in [-0.4, -0.2) is 55.7 Å². The second-order valence-corrected chi connectivity index (χ2v) is 7.88. The third-order valence-corrected chi connectivity index (χ3v) is 5.94. The average molecular weight is 378 g/mol. The molecule has 144 valence electrons. The van der Waals surface area contributed by atoms with Crippen LogP contribution in [0.5, 0.6) is 0 Å². The van der Waals surface area contributed by atoms with Crippen molar-refractivity contribution >= 4 is 23.4 Å². The Morgan fingerprint density at radius 3 is 2.75 bits per heavy atom. The van der Waals surface area contributed by atoms with Crippen molar-refractivity contribution in [3.8, 4) is 6.07 Å². The molecule has 3 fully saturated rings. The number of nitrogens with zero attached hydrogens (tertiary/aromatic N) is 7. The molecule has 4 heterocycles. The van der Waals surface area contributed by atoms with Crippen molar-refractivity contribution in [2.24, 2.45) is 18.9 Å². The van der Waals surface area contributed by atoms with Gasteiger partial charge in [0.15, 0.2) is 0 Å². The Labute approximate surface area is 163 Å². The van der Waals surface area contributed by atoms with Crippen LogP contribution < -0.4 is 10.2 Å². The molecule has 1 N–H and O–H groups in total. The molecule has 3 aliphatic rings. The molecule has 9 nitrogen and oxygen atoms in total. The van der Waals surface area contributed by atoms with E-state index in [1.807, 2.05) is 19.3 Å². The van der Waals surface area contributed by atoms with Crippen molar-refractivity contribution in [2.45, 2.75) is 31.3 Å². The van der Waals surface area contributed by atoms with Gasteiger partial charge in [-0.2, -0.15) is 15.3 Å². The highest BCUT2D eigenvalue weighted by atomic mass is 16.2. The Kier molecular flexibility index (Phi) is 3.93. The highest BCUT2D eigenvalue weighted by Gasteiger charge is 2.51. The van der Waals surface area contributed by atoms with Crippen LogP contribution in [0.3, 0.4) is 0 Å². The lowest BCUT2D eigenvalue weighted by Crippen LogP contribution is -2.56. The topological polar surface area (TPSA) is 103 Å². The van der Waals surface area contributed by atoms with Crippen LogP contribution in [0.25, 0.3) is 0 Å². The predicted octanol–water partition coefficient (Wildman–Crippen LogP) is 1.29. The molecule has 4 atom stereocenters. The molecular formula is C19H22N8O. The molecule has 1 saturated carbocycles. The molecule has 2 saturated heterocycles. The van der Waals surface area contributed by atoms with E-state index in [0.717, 1.165) is 43.9 Å². The molecule has 2 bridgehead atoms. The summed E-state index contributed by atoms with van der Waals surface area (Å²) in [6, 6.07) is 4.56. The smallest absolute Gasteiger partial charge is 0.229 e. The van der Waals surface area contributed by atoms with Crippen molar-refractivity contribution in [1.82, 2.24) is 24.6 Å². The van der Waals surface area contributed by atoms with Crippen molar-refractivity contribution in [3.63, 3.8) is 0 Å². The number of amides is 1. The van der Waals surface area contributed by atoms with Gasteiger partial charge in [-0.25, -0.2) is 4.98 Å². The third-order valence-electron chi connectivity index (χ3n) is 5.94. The number of hydrogen-bond acceptors (Lipinski definition) is 7. The van der Waals surface area contributed by atoms with Gasteiger partial charge in [-0.3, -0.25) is 9.48 Å². The zero-order valence-corrected chi connectivity index (χ0v) is 15.7. The average Bonchev–Trinajstić information content (AvgIpc) is 3.32. The molecular weight excluding hydrogens is 356 g/mol. The summed E-state index contributed by atoms with van der Waals surface area (Å²) in [6.45, 7) is 1.55. The largest absolute Gasteiger partial charge is 0.352 e. The van der Waals surface area contributed by atoms with Crippen LogP contribution in [0.2, 0.25) is 0 Å². The van der Waals surface area contributed by atoms with E-state index in [-0.39, 0.29) is 29.8 Å². The van der Waals surface area contributed by atoms with Crippen molar-refractivity contribution in [2.75, 3.05) is 23.3 Å². The summed E-state index contributed by atoms with van der Waals surface area (Å²) in [4.78, 5) is 26.1. The number of aromatic nitrogens is 4. The molecule has 28 heavy (non-hydrogen) atoms. The van der Waals surface area contributed by atoms with Gasteiger partial charge in [0.2, 0.25) is 11.9 Å². The van der Waals surface area contributed by atoms with Gasteiger partial charge in [-0.05, 0) is 25.3 Å². The molecule has 5 rings (SSSR count). The number of fused-ring (bicyclic) bond motifs is 2. The minimum absolute atomic E-state index is 0.0750. The summed E-state index contributed by atoms with van der Waals surface area (Å²) in [5.74, 6) is 1.43. The number of nitriles is 1. The number of aryl methyl sites for hydroxylation is 1. The number of anilines is 3.